The molecule has 0 radical (unpaired) electrons. The van der Waals surface area contributed by atoms with Gasteiger partial charge in [-0.1, -0.05) is 37.1 Å². The largest absolute Gasteiger partial charge is 0.494 e. The molecule has 1 saturated carbocycles. The smallest absolute Gasteiger partial charge is 0.294 e. The number of ether oxygens (including phenoxy) is 1. The minimum absolute atomic E-state index is 0.00194. The number of rotatable bonds is 8. The van der Waals surface area contributed by atoms with Crippen molar-refractivity contribution < 1.29 is 23.1 Å². The van der Waals surface area contributed by atoms with E-state index < -0.39 is 23.7 Å². The Balaban J connectivity index is 1.83. The molecule has 1 aliphatic rings. The van der Waals surface area contributed by atoms with Gasteiger partial charge < -0.3 is 14.5 Å². The maximum atomic E-state index is 15.0. The van der Waals surface area contributed by atoms with Crippen LogP contribution in [0.25, 0.3) is 0 Å². The third kappa shape index (κ3) is 5.08. The van der Waals surface area contributed by atoms with Crippen molar-refractivity contribution in [2.45, 2.75) is 44.7 Å². The van der Waals surface area contributed by atoms with Gasteiger partial charge in [0.25, 0.3) is 5.91 Å². The fourth-order valence-electron chi connectivity index (χ4n) is 4.24. The van der Waals surface area contributed by atoms with Crippen LogP contribution < -0.4 is 15.0 Å². The van der Waals surface area contributed by atoms with Crippen molar-refractivity contribution in [3.63, 3.8) is 0 Å². The van der Waals surface area contributed by atoms with Crippen LogP contribution in [0.3, 0.4) is 0 Å². The molecular weight excluding hydrogens is 423 g/mol. The summed E-state index contributed by atoms with van der Waals surface area (Å²) >= 11 is 0. The summed E-state index contributed by atoms with van der Waals surface area (Å²) in [5.74, 6) is -0.970. The summed E-state index contributed by atoms with van der Waals surface area (Å²) in [7, 11) is 0. The summed E-state index contributed by atoms with van der Waals surface area (Å²) in [6.45, 7) is 2.30. The van der Waals surface area contributed by atoms with Crippen LogP contribution in [0.1, 0.15) is 54.8 Å². The number of nitrogens with zero attached hydrogens (tertiary/aromatic N) is 1. The number of nitrogens with one attached hydrogen (secondary N) is 1. The van der Waals surface area contributed by atoms with E-state index >= 15 is 4.39 Å². The number of hydrogen-bond donors (Lipinski definition) is 1. The highest BCUT2D eigenvalue weighted by Crippen LogP contribution is 2.33. The fraction of sp³-hybridized carbons (Fsp3) is 0.308. The van der Waals surface area contributed by atoms with Crippen molar-refractivity contribution >= 4 is 17.5 Å². The van der Waals surface area contributed by atoms with Gasteiger partial charge in [-0.2, -0.15) is 0 Å². The van der Waals surface area contributed by atoms with Gasteiger partial charge in [0.1, 0.15) is 17.6 Å². The SMILES string of the molecule is CCOc1cccc(N(C(=O)c2ccco2)[C@H](C(=O)NC2CCCC2)c2ccccc2F)c1. The van der Waals surface area contributed by atoms with Crippen molar-refractivity contribution in [3.8, 4) is 5.75 Å². The van der Waals surface area contributed by atoms with Gasteiger partial charge in [-0.3, -0.25) is 14.5 Å². The molecule has 1 heterocycles. The van der Waals surface area contributed by atoms with Crippen molar-refractivity contribution in [2.24, 2.45) is 0 Å². The second-order valence-electron chi connectivity index (χ2n) is 8.00. The minimum Gasteiger partial charge on any atom is -0.494 e. The van der Waals surface area contributed by atoms with E-state index in [2.05, 4.69) is 5.32 Å². The number of amides is 2. The molecule has 1 fully saturated rings. The van der Waals surface area contributed by atoms with Crippen LogP contribution in [0.15, 0.2) is 71.3 Å². The van der Waals surface area contributed by atoms with Gasteiger partial charge >= 0.3 is 0 Å². The lowest BCUT2D eigenvalue weighted by Crippen LogP contribution is -2.46. The predicted octanol–water partition coefficient (Wildman–Crippen LogP) is 5.26. The summed E-state index contributed by atoms with van der Waals surface area (Å²) in [6.07, 6.45) is 5.17. The average Bonchev–Trinajstić information content (AvgIpc) is 3.53. The first-order chi connectivity index (χ1) is 16.1. The molecule has 0 unspecified atom stereocenters. The molecule has 4 rings (SSSR count). The monoisotopic (exact) mass is 450 g/mol. The van der Waals surface area contributed by atoms with E-state index in [1.807, 2.05) is 6.92 Å². The number of hydrogen-bond acceptors (Lipinski definition) is 4. The quantitative estimate of drug-likeness (QED) is 0.508. The van der Waals surface area contributed by atoms with Crippen LogP contribution in [-0.4, -0.2) is 24.5 Å². The summed E-state index contributed by atoms with van der Waals surface area (Å²) < 4.78 is 26.0. The van der Waals surface area contributed by atoms with Crippen molar-refractivity contribution in [3.05, 3.63) is 84.1 Å². The Morgan fingerprint density at radius 3 is 2.61 bits per heavy atom. The van der Waals surface area contributed by atoms with E-state index in [1.54, 1.807) is 42.5 Å². The van der Waals surface area contributed by atoms with Crippen molar-refractivity contribution in [1.82, 2.24) is 5.32 Å². The van der Waals surface area contributed by atoms with Gasteiger partial charge in [0.15, 0.2) is 5.76 Å². The van der Waals surface area contributed by atoms with Crippen LogP contribution in [0.4, 0.5) is 10.1 Å². The Morgan fingerprint density at radius 2 is 1.91 bits per heavy atom. The number of carbonyl (C=O) groups excluding carboxylic acids is 2. The number of benzene rings is 2. The zero-order valence-electron chi connectivity index (χ0n) is 18.5. The molecule has 2 amide bonds. The molecule has 0 bridgehead atoms. The zero-order valence-corrected chi connectivity index (χ0v) is 18.5. The van der Waals surface area contributed by atoms with E-state index in [9.17, 15) is 9.59 Å². The number of carbonyl (C=O) groups is 2. The van der Waals surface area contributed by atoms with Crippen LogP contribution >= 0.6 is 0 Å². The standard InChI is InChI=1S/C26H27FN2O4/c1-2-32-20-12-7-11-19(17-20)29(26(31)23-15-8-16-33-23)24(21-13-5-6-14-22(21)27)25(30)28-18-9-3-4-10-18/h5-8,11-18,24H,2-4,9-10H2,1H3,(H,28,30)/t24-/m0/s1. The molecule has 0 spiro atoms. The van der Waals surface area contributed by atoms with E-state index in [0.717, 1.165) is 25.7 Å². The van der Waals surface area contributed by atoms with E-state index in [1.165, 1.54) is 29.4 Å². The van der Waals surface area contributed by atoms with Gasteiger partial charge in [0.2, 0.25) is 5.91 Å². The summed E-state index contributed by atoms with van der Waals surface area (Å²) in [5.41, 5.74) is 0.506. The van der Waals surface area contributed by atoms with E-state index in [-0.39, 0.29) is 17.4 Å². The van der Waals surface area contributed by atoms with Crippen LogP contribution in [0.5, 0.6) is 5.75 Å². The third-order valence-corrected chi connectivity index (χ3v) is 5.77. The lowest BCUT2D eigenvalue weighted by atomic mass is 10.0. The highest BCUT2D eigenvalue weighted by Gasteiger charge is 2.37. The van der Waals surface area contributed by atoms with Gasteiger partial charge in [-0.25, -0.2) is 4.39 Å². The molecule has 0 saturated heterocycles. The fourth-order valence-corrected chi connectivity index (χ4v) is 4.24. The van der Waals surface area contributed by atoms with Crippen LogP contribution in [0.2, 0.25) is 0 Å². The second kappa shape index (κ2) is 10.3. The van der Waals surface area contributed by atoms with Gasteiger partial charge in [0.05, 0.1) is 12.9 Å². The summed E-state index contributed by atoms with van der Waals surface area (Å²) in [6, 6.07) is 14.8. The molecule has 1 N–H and O–H groups in total. The summed E-state index contributed by atoms with van der Waals surface area (Å²) in [4.78, 5) is 28.5. The van der Waals surface area contributed by atoms with Gasteiger partial charge in [-0.15, -0.1) is 0 Å². The molecular formula is C26H27FN2O4. The normalized spacial score (nSPS) is 14.6. The lowest BCUT2D eigenvalue weighted by molar-refractivity contribution is -0.123. The van der Waals surface area contributed by atoms with Gasteiger partial charge in [-0.05, 0) is 50.1 Å². The number of halogens is 1. The zero-order chi connectivity index (χ0) is 23.2. The molecule has 33 heavy (non-hydrogen) atoms. The Hall–Kier alpha value is -3.61. The van der Waals surface area contributed by atoms with Crippen molar-refractivity contribution in [2.75, 3.05) is 11.5 Å². The molecule has 1 aromatic heterocycles. The van der Waals surface area contributed by atoms with Crippen LogP contribution in [0, 0.1) is 5.82 Å². The predicted molar refractivity (Wildman–Crippen MR) is 123 cm³/mol. The second-order valence-corrected chi connectivity index (χ2v) is 8.00. The molecule has 0 aliphatic heterocycles. The Labute approximate surface area is 192 Å². The third-order valence-electron chi connectivity index (χ3n) is 5.77. The maximum Gasteiger partial charge on any atom is 0.294 e. The first-order valence-electron chi connectivity index (χ1n) is 11.2. The first kappa shape index (κ1) is 22.6. The lowest BCUT2D eigenvalue weighted by Gasteiger charge is -2.32. The molecule has 2 aromatic carbocycles. The highest BCUT2D eigenvalue weighted by atomic mass is 19.1. The number of anilines is 1. The van der Waals surface area contributed by atoms with Gasteiger partial charge in [0, 0.05) is 23.4 Å². The Morgan fingerprint density at radius 1 is 1.12 bits per heavy atom. The maximum absolute atomic E-state index is 15.0. The van der Waals surface area contributed by atoms with Crippen molar-refractivity contribution in [1.29, 1.82) is 0 Å². The Bertz CT molecular complexity index is 1090. The molecule has 1 atom stereocenters. The molecule has 6 nitrogen and oxygen atoms in total. The highest BCUT2D eigenvalue weighted by molar-refractivity contribution is 6.08. The Kier molecular flexibility index (Phi) is 7.07. The summed E-state index contributed by atoms with van der Waals surface area (Å²) in [5, 5.41) is 3.03. The minimum atomic E-state index is -1.23. The van der Waals surface area contributed by atoms with E-state index in [0.29, 0.717) is 18.0 Å². The topological polar surface area (TPSA) is 71.8 Å². The molecule has 3 aromatic rings. The number of furan rings is 1. The molecule has 172 valence electrons. The van der Waals surface area contributed by atoms with Crippen LogP contribution in [-0.2, 0) is 4.79 Å². The average molecular weight is 451 g/mol. The first-order valence-corrected chi connectivity index (χ1v) is 11.2. The molecule has 1 aliphatic carbocycles. The molecule has 7 heteroatoms. The van der Waals surface area contributed by atoms with E-state index in [4.69, 9.17) is 9.15 Å².